The molecular formula is C32H48O6. The van der Waals surface area contributed by atoms with E-state index < -0.39 is 23.7 Å². The molecule has 38 heavy (non-hydrogen) atoms. The number of fused-ring (bicyclic) bond motifs is 2. The molecule has 0 aromatic carbocycles. The van der Waals surface area contributed by atoms with Gasteiger partial charge in [0.25, 0.3) is 0 Å². The van der Waals surface area contributed by atoms with Crippen molar-refractivity contribution in [1.82, 2.24) is 0 Å². The molecule has 12 atom stereocenters. The Labute approximate surface area is 228 Å². The van der Waals surface area contributed by atoms with Gasteiger partial charge in [-0.05, 0) is 89.9 Å². The zero-order valence-electron chi connectivity index (χ0n) is 24.2. The van der Waals surface area contributed by atoms with Crippen LogP contribution in [0.5, 0.6) is 0 Å². The van der Waals surface area contributed by atoms with Crippen molar-refractivity contribution in [2.24, 2.45) is 57.2 Å². The van der Waals surface area contributed by atoms with Gasteiger partial charge in [0.1, 0.15) is 18.0 Å². The quantitative estimate of drug-likeness (QED) is 0.360. The van der Waals surface area contributed by atoms with Crippen LogP contribution in [0.1, 0.15) is 92.9 Å². The third-order valence-electron chi connectivity index (χ3n) is 13.3. The highest BCUT2D eigenvalue weighted by molar-refractivity contribution is 5.98. The Balaban J connectivity index is 1.49. The minimum Gasteiger partial charge on any atom is -0.462 e. The van der Waals surface area contributed by atoms with Crippen LogP contribution < -0.4 is 0 Å². The molecule has 212 valence electrons. The molecule has 5 aliphatic rings. The van der Waals surface area contributed by atoms with Crippen LogP contribution in [0.3, 0.4) is 0 Å². The topological polar surface area (TPSA) is 101 Å². The van der Waals surface area contributed by atoms with Crippen LogP contribution in [0.4, 0.5) is 0 Å². The van der Waals surface area contributed by atoms with Crippen molar-refractivity contribution >= 4 is 17.5 Å². The van der Waals surface area contributed by atoms with Crippen molar-refractivity contribution in [3.63, 3.8) is 0 Å². The fraction of sp³-hybridized carbons (Fsp3) is 0.844. The van der Waals surface area contributed by atoms with Gasteiger partial charge in [-0.1, -0.05) is 41.2 Å². The molecule has 5 rings (SSSR count). The standard InChI is InChI=1S/C32H48O6/c1-17(15-33)18(2)27(36)28(37)20(4)26-24(38-21(5)34)14-30(7)25-9-8-22-19(3)23(35)10-11-31(22)16-32(25,31)13-12-29(26,30)6/h17,19-20,22,24-26,28,33,37H,2,8-16H2,1,3-7H3/t17-,19-,20-,22-,24-,25-,26-,28?,29+,30-,31+,32-/m0/s1. The van der Waals surface area contributed by atoms with Gasteiger partial charge in [0, 0.05) is 37.7 Å². The molecule has 5 saturated carbocycles. The van der Waals surface area contributed by atoms with Crippen LogP contribution in [-0.4, -0.2) is 46.6 Å². The summed E-state index contributed by atoms with van der Waals surface area (Å²) in [6.45, 7) is 15.7. The molecule has 0 radical (unpaired) electrons. The summed E-state index contributed by atoms with van der Waals surface area (Å²) in [4.78, 5) is 38.2. The Morgan fingerprint density at radius 3 is 2.42 bits per heavy atom. The molecule has 0 heterocycles. The molecule has 0 amide bonds. The number of hydrogen-bond donors (Lipinski definition) is 2. The smallest absolute Gasteiger partial charge is 0.302 e. The summed E-state index contributed by atoms with van der Waals surface area (Å²) in [5.41, 5.74) is 0.477. The largest absolute Gasteiger partial charge is 0.462 e. The van der Waals surface area contributed by atoms with Crippen molar-refractivity contribution in [3.05, 3.63) is 12.2 Å². The fourth-order valence-electron chi connectivity index (χ4n) is 11.1. The lowest BCUT2D eigenvalue weighted by Crippen LogP contribution is -2.56. The number of aliphatic hydroxyl groups excluding tert-OH is 2. The Morgan fingerprint density at radius 2 is 1.79 bits per heavy atom. The van der Waals surface area contributed by atoms with Crippen molar-refractivity contribution in [2.75, 3.05) is 6.61 Å². The first-order valence-corrected chi connectivity index (χ1v) is 14.9. The Bertz CT molecular complexity index is 1050. The van der Waals surface area contributed by atoms with E-state index in [1.54, 1.807) is 6.92 Å². The zero-order valence-corrected chi connectivity index (χ0v) is 24.2. The highest BCUT2D eigenvalue weighted by Crippen LogP contribution is 2.88. The van der Waals surface area contributed by atoms with E-state index in [9.17, 15) is 24.6 Å². The Hall–Kier alpha value is -1.53. The van der Waals surface area contributed by atoms with Gasteiger partial charge in [0.05, 0.1) is 0 Å². The average Bonchev–Trinajstić information content (AvgIpc) is 3.48. The Kier molecular flexibility index (Phi) is 6.63. The van der Waals surface area contributed by atoms with Crippen molar-refractivity contribution in [2.45, 2.75) is 105 Å². The SMILES string of the molecule is C=C(C(=O)C(O)[C@@H](C)[C@H]1[C@@H](OC(C)=O)C[C@@]2(C)[C@@H]3CC[C@H]4[C@H](C)C(=O)CC[C@@]45C[C@@]35CC[C@]12C)[C@@H](C)CO. The number of ether oxygens (including phenoxy) is 1. The molecule has 0 saturated heterocycles. The number of aliphatic hydroxyl groups is 2. The van der Waals surface area contributed by atoms with Crippen LogP contribution >= 0.6 is 0 Å². The molecule has 5 aliphatic carbocycles. The predicted octanol–water partition coefficient (Wildman–Crippen LogP) is 4.90. The summed E-state index contributed by atoms with van der Waals surface area (Å²) in [5, 5.41) is 20.9. The third kappa shape index (κ3) is 3.47. The second kappa shape index (κ2) is 8.99. The lowest BCUT2D eigenvalue weighted by atomic mass is 9.43. The second-order valence-corrected chi connectivity index (χ2v) is 14.5. The predicted molar refractivity (Wildman–Crippen MR) is 144 cm³/mol. The van der Waals surface area contributed by atoms with Gasteiger partial charge < -0.3 is 14.9 Å². The van der Waals surface area contributed by atoms with Gasteiger partial charge in [-0.2, -0.15) is 0 Å². The van der Waals surface area contributed by atoms with E-state index in [0.29, 0.717) is 24.0 Å². The van der Waals surface area contributed by atoms with Gasteiger partial charge in [0.2, 0.25) is 0 Å². The van der Waals surface area contributed by atoms with E-state index in [1.165, 1.54) is 13.3 Å². The number of ketones is 2. The normalized spacial score (nSPS) is 47.5. The maximum absolute atomic E-state index is 13.2. The number of carbonyl (C=O) groups excluding carboxylic acids is 3. The zero-order chi connectivity index (χ0) is 28.0. The summed E-state index contributed by atoms with van der Waals surface area (Å²) >= 11 is 0. The van der Waals surface area contributed by atoms with Crippen molar-refractivity contribution in [3.8, 4) is 0 Å². The number of rotatable bonds is 7. The minimum atomic E-state index is -1.26. The first kappa shape index (κ1) is 28.0. The molecule has 5 fully saturated rings. The lowest BCUT2D eigenvalue weighted by molar-refractivity contribution is -0.157. The van der Waals surface area contributed by atoms with E-state index in [2.05, 4.69) is 27.4 Å². The number of Topliss-reactive ketones (excluding diaryl/α,β-unsaturated/α-hetero) is 2. The first-order chi connectivity index (χ1) is 17.7. The highest BCUT2D eigenvalue weighted by atomic mass is 16.5. The number of carbonyl (C=O) groups is 3. The van der Waals surface area contributed by atoms with Gasteiger partial charge in [-0.15, -0.1) is 0 Å². The summed E-state index contributed by atoms with van der Waals surface area (Å²) in [7, 11) is 0. The average molecular weight is 529 g/mol. The molecule has 0 aromatic heterocycles. The van der Waals surface area contributed by atoms with E-state index in [1.807, 2.05) is 6.92 Å². The van der Waals surface area contributed by atoms with Crippen LogP contribution in [0, 0.1) is 57.2 Å². The first-order valence-electron chi connectivity index (χ1n) is 14.9. The molecule has 6 nitrogen and oxygen atoms in total. The van der Waals surface area contributed by atoms with E-state index >= 15 is 0 Å². The molecule has 0 aliphatic heterocycles. The van der Waals surface area contributed by atoms with Gasteiger partial charge in [0.15, 0.2) is 5.78 Å². The summed E-state index contributed by atoms with van der Waals surface area (Å²) in [5.74, 6) is -0.176. The summed E-state index contributed by atoms with van der Waals surface area (Å²) in [6.07, 6.45) is 6.33. The van der Waals surface area contributed by atoms with E-state index in [4.69, 9.17) is 4.74 Å². The molecule has 6 heteroatoms. The third-order valence-corrected chi connectivity index (χ3v) is 13.3. The summed E-state index contributed by atoms with van der Waals surface area (Å²) in [6, 6.07) is 0. The lowest BCUT2D eigenvalue weighted by Gasteiger charge is -2.61. The van der Waals surface area contributed by atoms with Crippen LogP contribution in [-0.2, 0) is 19.1 Å². The minimum absolute atomic E-state index is 0.0956. The van der Waals surface area contributed by atoms with Gasteiger partial charge in [-0.25, -0.2) is 0 Å². The molecule has 0 aromatic rings. The molecule has 2 N–H and O–H groups in total. The Morgan fingerprint density at radius 1 is 1.11 bits per heavy atom. The van der Waals surface area contributed by atoms with Gasteiger partial charge >= 0.3 is 5.97 Å². The van der Waals surface area contributed by atoms with Crippen LogP contribution in [0.2, 0.25) is 0 Å². The highest BCUT2D eigenvalue weighted by Gasteiger charge is 2.82. The fourth-order valence-corrected chi connectivity index (χ4v) is 11.1. The van der Waals surface area contributed by atoms with E-state index in [-0.39, 0.29) is 57.7 Å². The maximum Gasteiger partial charge on any atom is 0.302 e. The molecule has 2 spiro atoms. The van der Waals surface area contributed by atoms with Crippen molar-refractivity contribution in [1.29, 1.82) is 0 Å². The number of esters is 1. The van der Waals surface area contributed by atoms with Crippen molar-refractivity contribution < 1.29 is 29.3 Å². The monoisotopic (exact) mass is 528 g/mol. The molecule has 0 bridgehead atoms. The van der Waals surface area contributed by atoms with Crippen LogP contribution in [0.15, 0.2) is 12.2 Å². The maximum atomic E-state index is 13.2. The van der Waals surface area contributed by atoms with Gasteiger partial charge in [-0.3, -0.25) is 14.4 Å². The molecular weight excluding hydrogens is 480 g/mol. The molecule has 1 unspecified atom stereocenters. The van der Waals surface area contributed by atoms with E-state index in [0.717, 1.165) is 38.5 Å². The number of hydrogen-bond acceptors (Lipinski definition) is 6. The second-order valence-electron chi connectivity index (χ2n) is 14.5. The summed E-state index contributed by atoms with van der Waals surface area (Å²) < 4.78 is 6.02. The van der Waals surface area contributed by atoms with Crippen LogP contribution in [0.25, 0.3) is 0 Å².